The molecule has 0 aromatic heterocycles. The number of carbonyl (C=O) groups excluding carboxylic acids is 2. The molecule has 0 atom stereocenters. The number of sulfonamides is 1. The maximum Gasteiger partial charge on any atom is 0.246 e. The molecule has 1 fully saturated rings. The molecular weight excluding hydrogens is 452 g/mol. The van der Waals surface area contributed by atoms with Gasteiger partial charge in [0.15, 0.2) is 0 Å². The maximum atomic E-state index is 13.0. The summed E-state index contributed by atoms with van der Waals surface area (Å²) in [5, 5.41) is 2.58. The van der Waals surface area contributed by atoms with Crippen molar-refractivity contribution in [3.8, 4) is 11.1 Å². The van der Waals surface area contributed by atoms with Crippen LogP contribution in [0.25, 0.3) is 11.1 Å². The molecule has 1 saturated heterocycles. The highest BCUT2D eigenvalue weighted by atomic mass is 32.2. The Kier molecular flexibility index (Phi) is 7.04. The van der Waals surface area contributed by atoms with Crippen molar-refractivity contribution in [1.82, 2.24) is 14.5 Å². The molecule has 0 unspecified atom stereocenters. The lowest BCUT2D eigenvalue weighted by Crippen LogP contribution is -2.48. The zero-order valence-electron chi connectivity index (χ0n) is 19.5. The lowest BCUT2D eigenvalue weighted by Gasteiger charge is -2.35. The van der Waals surface area contributed by atoms with Gasteiger partial charge < -0.3 is 15.1 Å². The van der Waals surface area contributed by atoms with Gasteiger partial charge in [-0.2, -0.15) is 4.31 Å². The Bertz CT molecular complexity index is 1180. The molecule has 34 heavy (non-hydrogen) atoms. The van der Waals surface area contributed by atoms with Crippen LogP contribution in [0.3, 0.4) is 0 Å². The van der Waals surface area contributed by atoms with Crippen LogP contribution in [-0.2, 0) is 19.6 Å². The van der Waals surface area contributed by atoms with E-state index in [2.05, 4.69) is 22.3 Å². The number of hydrogen-bond donors (Lipinski definition) is 1. The smallest absolute Gasteiger partial charge is 0.246 e. The molecule has 2 aliphatic rings. The topological polar surface area (TPSA) is 90.0 Å². The molecule has 0 radical (unpaired) electrons. The van der Waals surface area contributed by atoms with Crippen molar-refractivity contribution in [2.75, 3.05) is 51.2 Å². The second kappa shape index (κ2) is 9.99. The Morgan fingerprint density at radius 3 is 1.94 bits per heavy atom. The minimum Gasteiger partial charge on any atom is -0.368 e. The van der Waals surface area contributed by atoms with Crippen LogP contribution >= 0.6 is 0 Å². The fourth-order valence-electron chi connectivity index (χ4n) is 4.35. The molecule has 2 amide bonds. The third kappa shape index (κ3) is 5.00. The van der Waals surface area contributed by atoms with Crippen molar-refractivity contribution >= 4 is 27.5 Å². The van der Waals surface area contributed by atoms with Gasteiger partial charge in [0, 0.05) is 64.5 Å². The van der Waals surface area contributed by atoms with E-state index in [1.54, 1.807) is 32.2 Å². The first kappa shape index (κ1) is 24.0. The quantitative estimate of drug-likeness (QED) is 0.705. The van der Waals surface area contributed by atoms with Gasteiger partial charge in [0.25, 0.3) is 0 Å². The van der Waals surface area contributed by atoms with E-state index >= 15 is 0 Å². The molecule has 4 rings (SSSR count). The Hall–Kier alpha value is -3.17. The Balaban J connectivity index is 1.42. The predicted octanol–water partition coefficient (Wildman–Crippen LogP) is 2.09. The van der Waals surface area contributed by atoms with E-state index in [0.29, 0.717) is 12.0 Å². The van der Waals surface area contributed by atoms with Gasteiger partial charge in [0.2, 0.25) is 21.8 Å². The van der Waals surface area contributed by atoms with Gasteiger partial charge in [0.1, 0.15) is 0 Å². The van der Waals surface area contributed by atoms with E-state index < -0.39 is 10.0 Å². The third-order valence-corrected chi connectivity index (χ3v) is 8.35. The van der Waals surface area contributed by atoms with Crippen LogP contribution in [0, 0.1) is 0 Å². The van der Waals surface area contributed by atoms with Crippen molar-refractivity contribution in [3.63, 3.8) is 0 Å². The van der Waals surface area contributed by atoms with E-state index in [1.165, 1.54) is 4.31 Å². The molecule has 8 nitrogen and oxygen atoms in total. The molecule has 0 saturated carbocycles. The average molecular weight is 483 g/mol. The summed E-state index contributed by atoms with van der Waals surface area (Å²) < 4.78 is 27.5. The van der Waals surface area contributed by atoms with Gasteiger partial charge in [-0.25, -0.2) is 8.42 Å². The number of carbonyl (C=O) groups is 2. The molecule has 2 aliphatic heterocycles. The number of nitrogens with zero attached hydrogens (tertiary/aromatic N) is 3. The number of hydrogen-bond acceptors (Lipinski definition) is 5. The lowest BCUT2D eigenvalue weighted by molar-refractivity contribution is -0.129. The molecule has 0 bridgehead atoms. The van der Waals surface area contributed by atoms with E-state index in [0.717, 1.165) is 43.0 Å². The first-order valence-corrected chi connectivity index (χ1v) is 12.9. The van der Waals surface area contributed by atoms with Gasteiger partial charge >= 0.3 is 0 Å². The summed E-state index contributed by atoms with van der Waals surface area (Å²) in [6, 6.07) is 15.1. The van der Waals surface area contributed by atoms with Crippen LogP contribution in [0.15, 0.2) is 65.1 Å². The third-order valence-electron chi connectivity index (χ3n) is 6.47. The average Bonchev–Trinajstić information content (AvgIpc) is 2.88. The van der Waals surface area contributed by atoms with Crippen molar-refractivity contribution in [1.29, 1.82) is 0 Å². The number of likely N-dealkylation sites (N-methyl/N-ethyl adjacent to an activating group) is 1. The van der Waals surface area contributed by atoms with Crippen LogP contribution in [0.1, 0.15) is 13.3 Å². The molecular formula is C25H30N4O4S. The Labute approximate surface area is 200 Å². The lowest BCUT2D eigenvalue weighted by atomic mass is 10.1. The first-order chi connectivity index (χ1) is 16.3. The fraction of sp³-hybridized carbons (Fsp3) is 0.360. The molecule has 2 heterocycles. The predicted molar refractivity (Wildman–Crippen MR) is 132 cm³/mol. The van der Waals surface area contributed by atoms with Crippen molar-refractivity contribution in [2.24, 2.45) is 0 Å². The summed E-state index contributed by atoms with van der Waals surface area (Å²) in [6.07, 6.45) is 2.07. The Morgan fingerprint density at radius 2 is 1.44 bits per heavy atom. The highest BCUT2D eigenvalue weighted by molar-refractivity contribution is 7.89. The summed E-state index contributed by atoms with van der Waals surface area (Å²) in [5.41, 5.74) is 3.67. The first-order valence-electron chi connectivity index (χ1n) is 11.4. The molecule has 1 N–H and O–H groups in total. The zero-order chi connectivity index (χ0) is 24.3. The summed E-state index contributed by atoms with van der Waals surface area (Å²) in [5.74, 6) is -0.0448. The van der Waals surface area contributed by atoms with E-state index in [1.807, 2.05) is 29.2 Å². The highest BCUT2D eigenvalue weighted by Crippen LogP contribution is 2.27. The number of piperazine rings is 1. The minimum absolute atomic E-state index is 0.117. The summed E-state index contributed by atoms with van der Waals surface area (Å²) >= 11 is 0. The fourth-order valence-corrected chi connectivity index (χ4v) is 5.73. The second-order valence-electron chi connectivity index (χ2n) is 8.49. The highest BCUT2D eigenvalue weighted by Gasteiger charge is 2.27. The van der Waals surface area contributed by atoms with Crippen molar-refractivity contribution in [3.05, 3.63) is 60.2 Å². The molecule has 0 spiro atoms. The standard InChI is InChI=1S/C25H30N4O4S/c1-19(30)27-15-17-28(18-16-27)23-7-3-20(4-8-23)21-5-9-24(10-6-21)34(32,33)29-13-11-22(12-14-29)25(31)26-2/h3-11H,12-18H2,1-2H3,(H,26,31). The molecule has 2 aromatic carbocycles. The van der Waals surface area contributed by atoms with E-state index in [-0.39, 0.29) is 29.8 Å². The van der Waals surface area contributed by atoms with Crippen molar-refractivity contribution < 1.29 is 18.0 Å². The monoisotopic (exact) mass is 482 g/mol. The number of benzene rings is 2. The minimum atomic E-state index is -3.63. The van der Waals surface area contributed by atoms with Crippen LogP contribution in [0.5, 0.6) is 0 Å². The maximum absolute atomic E-state index is 13.0. The Morgan fingerprint density at radius 1 is 0.853 bits per heavy atom. The molecule has 180 valence electrons. The number of rotatable bonds is 5. The van der Waals surface area contributed by atoms with Crippen LogP contribution < -0.4 is 10.2 Å². The van der Waals surface area contributed by atoms with E-state index in [4.69, 9.17) is 0 Å². The van der Waals surface area contributed by atoms with Crippen LogP contribution in [0.2, 0.25) is 0 Å². The van der Waals surface area contributed by atoms with Gasteiger partial charge in [0.05, 0.1) is 4.90 Å². The summed E-state index contributed by atoms with van der Waals surface area (Å²) in [4.78, 5) is 27.6. The largest absolute Gasteiger partial charge is 0.368 e. The number of amides is 2. The van der Waals surface area contributed by atoms with Gasteiger partial charge in [-0.1, -0.05) is 30.3 Å². The SMILES string of the molecule is CNC(=O)C1=CCN(S(=O)(=O)c2ccc(-c3ccc(N4CCN(C(C)=O)CC4)cc3)cc2)CC1. The summed E-state index contributed by atoms with van der Waals surface area (Å²) in [7, 11) is -2.06. The van der Waals surface area contributed by atoms with Gasteiger partial charge in [-0.3, -0.25) is 9.59 Å². The zero-order valence-corrected chi connectivity index (χ0v) is 20.3. The number of anilines is 1. The molecule has 0 aliphatic carbocycles. The van der Waals surface area contributed by atoms with Gasteiger partial charge in [-0.15, -0.1) is 0 Å². The van der Waals surface area contributed by atoms with Crippen LogP contribution in [0.4, 0.5) is 5.69 Å². The second-order valence-corrected chi connectivity index (χ2v) is 10.4. The van der Waals surface area contributed by atoms with Crippen molar-refractivity contribution in [2.45, 2.75) is 18.2 Å². The van der Waals surface area contributed by atoms with Crippen LogP contribution in [-0.4, -0.2) is 75.8 Å². The normalized spacial score (nSPS) is 17.3. The van der Waals surface area contributed by atoms with E-state index in [9.17, 15) is 18.0 Å². The summed E-state index contributed by atoms with van der Waals surface area (Å²) in [6.45, 7) is 5.15. The molecule has 2 aromatic rings. The van der Waals surface area contributed by atoms with Gasteiger partial charge in [-0.05, 0) is 41.8 Å². The number of nitrogens with one attached hydrogen (secondary N) is 1. The molecule has 9 heteroatoms.